The van der Waals surface area contributed by atoms with Crippen LogP contribution in [0.1, 0.15) is 41.7 Å². The molecule has 0 spiro atoms. The van der Waals surface area contributed by atoms with Crippen LogP contribution in [0.4, 0.5) is 5.82 Å². The summed E-state index contributed by atoms with van der Waals surface area (Å²) in [6.07, 6.45) is 3.66. The molecule has 25 heavy (non-hydrogen) atoms. The van der Waals surface area contributed by atoms with Crippen molar-refractivity contribution < 1.29 is 14.4 Å². The molecular weight excluding hydrogens is 322 g/mol. The summed E-state index contributed by atoms with van der Waals surface area (Å²) >= 11 is 0. The van der Waals surface area contributed by atoms with Gasteiger partial charge in [0.2, 0.25) is 5.76 Å². The third-order valence-electron chi connectivity index (χ3n) is 4.39. The molecule has 134 valence electrons. The average Bonchev–Trinajstić information content (AvgIpc) is 3.09. The predicted molar refractivity (Wildman–Crippen MR) is 91.4 cm³/mol. The number of piperidine rings is 1. The van der Waals surface area contributed by atoms with Crippen LogP contribution >= 0.6 is 0 Å². The molecule has 8 heteroatoms. The van der Waals surface area contributed by atoms with Crippen LogP contribution in [-0.4, -0.2) is 51.4 Å². The fourth-order valence-electron chi connectivity index (χ4n) is 2.98. The Morgan fingerprint density at radius 2 is 2.28 bits per heavy atom. The first-order valence-corrected chi connectivity index (χ1v) is 8.49. The topological polar surface area (TPSA) is 104 Å². The molecule has 0 radical (unpaired) electrons. The van der Waals surface area contributed by atoms with Gasteiger partial charge < -0.3 is 19.8 Å². The van der Waals surface area contributed by atoms with Crippen molar-refractivity contribution in [3.05, 3.63) is 35.6 Å². The van der Waals surface area contributed by atoms with Gasteiger partial charge in [-0.05, 0) is 26.2 Å². The van der Waals surface area contributed by atoms with Crippen molar-refractivity contribution in [1.82, 2.24) is 20.4 Å². The molecule has 1 aliphatic heterocycles. The van der Waals surface area contributed by atoms with Crippen molar-refractivity contribution in [3.63, 3.8) is 0 Å². The van der Waals surface area contributed by atoms with Crippen LogP contribution in [0.5, 0.6) is 0 Å². The largest absolute Gasteiger partial charge is 0.386 e. The molecule has 1 unspecified atom stereocenters. The minimum absolute atomic E-state index is 0.147. The molecule has 3 heterocycles. The van der Waals surface area contributed by atoms with Gasteiger partial charge in [0.25, 0.3) is 5.91 Å². The Labute approximate surface area is 146 Å². The number of rotatable bonds is 5. The number of amides is 1. The number of nitrogens with one attached hydrogen (secondary N) is 1. The summed E-state index contributed by atoms with van der Waals surface area (Å²) in [6, 6.07) is 3.52. The molecule has 1 aliphatic rings. The molecule has 0 bridgehead atoms. The second-order valence-electron chi connectivity index (χ2n) is 6.49. The molecule has 0 aliphatic carbocycles. The van der Waals surface area contributed by atoms with E-state index in [0.29, 0.717) is 19.4 Å². The minimum atomic E-state index is -1.01. The molecule has 3 rings (SSSR count). The first-order chi connectivity index (χ1) is 12.0. The van der Waals surface area contributed by atoms with E-state index in [4.69, 9.17) is 4.52 Å². The lowest BCUT2D eigenvalue weighted by atomic mass is 9.92. The van der Waals surface area contributed by atoms with Crippen LogP contribution in [-0.2, 0) is 6.42 Å². The Bertz CT molecular complexity index is 747. The molecular formula is C17H23N5O3. The fraction of sp³-hybridized carbons (Fsp3) is 0.529. The number of hydrogen-bond acceptors (Lipinski definition) is 7. The molecule has 2 aromatic heterocycles. The number of aliphatic hydroxyl groups is 1. The number of anilines is 1. The normalized spacial score (nSPS) is 20.5. The van der Waals surface area contributed by atoms with Crippen molar-refractivity contribution >= 4 is 11.7 Å². The van der Waals surface area contributed by atoms with E-state index in [1.165, 1.54) is 6.33 Å². The average molecular weight is 345 g/mol. The molecule has 1 amide bonds. The summed E-state index contributed by atoms with van der Waals surface area (Å²) in [7, 11) is 0. The molecule has 1 saturated heterocycles. The zero-order valence-corrected chi connectivity index (χ0v) is 14.5. The van der Waals surface area contributed by atoms with Gasteiger partial charge in [-0.1, -0.05) is 12.1 Å². The van der Waals surface area contributed by atoms with E-state index < -0.39 is 5.60 Å². The van der Waals surface area contributed by atoms with Crippen LogP contribution < -0.4 is 10.2 Å². The lowest BCUT2D eigenvalue weighted by Crippen LogP contribution is -2.54. The standard InChI is InChI=1S/C17H23N5O3/c1-3-13-8-14(25-21-13)16(23)18-9-17(24)5-4-6-22(10-17)15-7-12(2)19-11-20-15/h7-8,11,24H,3-6,9-10H2,1-2H3,(H,18,23). The van der Waals surface area contributed by atoms with Crippen molar-refractivity contribution in [1.29, 1.82) is 0 Å². The Hall–Kier alpha value is -2.48. The Morgan fingerprint density at radius 1 is 1.44 bits per heavy atom. The highest BCUT2D eigenvalue weighted by molar-refractivity contribution is 5.91. The number of carbonyl (C=O) groups is 1. The van der Waals surface area contributed by atoms with Crippen LogP contribution in [0.25, 0.3) is 0 Å². The zero-order chi connectivity index (χ0) is 17.9. The maximum Gasteiger partial charge on any atom is 0.290 e. The van der Waals surface area contributed by atoms with Crippen molar-refractivity contribution in [3.8, 4) is 0 Å². The number of hydrogen-bond donors (Lipinski definition) is 2. The Kier molecular flexibility index (Phi) is 4.98. The van der Waals surface area contributed by atoms with Gasteiger partial charge in [-0.25, -0.2) is 9.97 Å². The van der Waals surface area contributed by atoms with E-state index in [0.717, 1.165) is 30.2 Å². The molecule has 2 aromatic rings. The first kappa shape index (κ1) is 17.3. The van der Waals surface area contributed by atoms with Crippen molar-refractivity contribution in [2.24, 2.45) is 0 Å². The highest BCUT2D eigenvalue weighted by Crippen LogP contribution is 2.24. The monoisotopic (exact) mass is 345 g/mol. The number of aromatic nitrogens is 3. The molecule has 0 saturated carbocycles. The van der Waals surface area contributed by atoms with Gasteiger partial charge in [-0.2, -0.15) is 0 Å². The van der Waals surface area contributed by atoms with E-state index in [2.05, 4.69) is 20.4 Å². The second kappa shape index (κ2) is 7.18. The molecule has 0 aromatic carbocycles. The van der Waals surface area contributed by atoms with E-state index in [1.54, 1.807) is 6.07 Å². The van der Waals surface area contributed by atoms with E-state index in [9.17, 15) is 9.90 Å². The van der Waals surface area contributed by atoms with Crippen LogP contribution in [0.2, 0.25) is 0 Å². The highest BCUT2D eigenvalue weighted by atomic mass is 16.5. The third-order valence-corrected chi connectivity index (χ3v) is 4.39. The number of aryl methyl sites for hydroxylation is 2. The summed E-state index contributed by atoms with van der Waals surface area (Å²) in [4.78, 5) is 22.6. The molecule has 1 atom stereocenters. The Morgan fingerprint density at radius 3 is 3.00 bits per heavy atom. The van der Waals surface area contributed by atoms with E-state index in [1.807, 2.05) is 24.8 Å². The number of carbonyl (C=O) groups excluding carboxylic acids is 1. The molecule has 2 N–H and O–H groups in total. The minimum Gasteiger partial charge on any atom is -0.386 e. The first-order valence-electron chi connectivity index (χ1n) is 8.49. The SMILES string of the molecule is CCc1cc(C(=O)NCC2(O)CCCN(c3cc(C)ncn3)C2)on1. The van der Waals surface area contributed by atoms with Gasteiger partial charge >= 0.3 is 0 Å². The van der Waals surface area contributed by atoms with Gasteiger partial charge in [0, 0.05) is 37.5 Å². The number of nitrogens with zero attached hydrogens (tertiary/aromatic N) is 4. The lowest BCUT2D eigenvalue weighted by Gasteiger charge is -2.39. The molecule has 8 nitrogen and oxygen atoms in total. The summed E-state index contributed by atoms with van der Waals surface area (Å²) in [6.45, 7) is 5.21. The maximum absolute atomic E-state index is 12.2. The van der Waals surface area contributed by atoms with E-state index >= 15 is 0 Å². The van der Waals surface area contributed by atoms with Crippen LogP contribution in [0.15, 0.2) is 23.0 Å². The van der Waals surface area contributed by atoms with Gasteiger partial charge in [-0.3, -0.25) is 4.79 Å². The summed E-state index contributed by atoms with van der Waals surface area (Å²) in [5.41, 5.74) is 0.594. The number of β-amino-alcohol motifs (C(OH)–C–C–N with tert-alkyl or cyclic N) is 1. The highest BCUT2D eigenvalue weighted by Gasteiger charge is 2.34. The van der Waals surface area contributed by atoms with Crippen LogP contribution in [0.3, 0.4) is 0 Å². The summed E-state index contributed by atoms with van der Waals surface area (Å²) < 4.78 is 5.02. The van der Waals surface area contributed by atoms with Crippen molar-refractivity contribution in [2.45, 2.75) is 38.7 Å². The quantitative estimate of drug-likeness (QED) is 0.836. The smallest absolute Gasteiger partial charge is 0.290 e. The van der Waals surface area contributed by atoms with Gasteiger partial charge in [-0.15, -0.1) is 0 Å². The second-order valence-corrected chi connectivity index (χ2v) is 6.49. The summed E-state index contributed by atoms with van der Waals surface area (Å²) in [5.74, 6) is 0.593. The zero-order valence-electron chi connectivity index (χ0n) is 14.5. The fourth-order valence-corrected chi connectivity index (χ4v) is 2.98. The molecule has 1 fully saturated rings. The van der Waals surface area contributed by atoms with Gasteiger partial charge in [0.15, 0.2) is 0 Å². The Balaban J connectivity index is 1.62. The van der Waals surface area contributed by atoms with Crippen LogP contribution in [0, 0.1) is 6.92 Å². The predicted octanol–water partition coefficient (Wildman–Crippen LogP) is 1.10. The van der Waals surface area contributed by atoms with Gasteiger partial charge in [0.05, 0.1) is 11.3 Å². The van der Waals surface area contributed by atoms with E-state index in [-0.39, 0.29) is 18.2 Å². The maximum atomic E-state index is 12.2. The lowest BCUT2D eigenvalue weighted by molar-refractivity contribution is 0.0250. The summed E-state index contributed by atoms with van der Waals surface area (Å²) in [5, 5.41) is 17.4. The van der Waals surface area contributed by atoms with Gasteiger partial charge in [0.1, 0.15) is 12.1 Å². The van der Waals surface area contributed by atoms with Crippen molar-refractivity contribution in [2.75, 3.05) is 24.5 Å². The third kappa shape index (κ3) is 4.14.